The summed E-state index contributed by atoms with van der Waals surface area (Å²) in [4.78, 5) is 0. The van der Waals surface area contributed by atoms with E-state index in [9.17, 15) is 5.11 Å². The van der Waals surface area contributed by atoms with Gasteiger partial charge in [-0.15, -0.1) is 6.58 Å². The highest BCUT2D eigenvalue weighted by molar-refractivity contribution is 4.72. The fourth-order valence-corrected chi connectivity index (χ4v) is 2.06. The van der Waals surface area contributed by atoms with E-state index in [1.54, 1.807) is 7.11 Å². The minimum atomic E-state index is -0.273. The molecular weight excluding hydrogens is 228 g/mol. The Morgan fingerprint density at radius 1 is 1.28 bits per heavy atom. The van der Waals surface area contributed by atoms with Gasteiger partial charge in [-0.2, -0.15) is 0 Å². The van der Waals surface area contributed by atoms with Crippen LogP contribution in [-0.4, -0.2) is 31.2 Å². The quantitative estimate of drug-likeness (QED) is 0.430. The van der Waals surface area contributed by atoms with E-state index in [1.807, 2.05) is 6.08 Å². The second kappa shape index (κ2) is 11.7. The van der Waals surface area contributed by atoms with Gasteiger partial charge in [0.15, 0.2) is 0 Å². The largest absolute Gasteiger partial charge is 0.393 e. The van der Waals surface area contributed by atoms with Crippen molar-refractivity contribution in [2.24, 2.45) is 5.92 Å². The van der Waals surface area contributed by atoms with Crippen LogP contribution in [0.15, 0.2) is 12.7 Å². The molecule has 108 valence electrons. The summed E-state index contributed by atoms with van der Waals surface area (Å²) >= 11 is 0. The Balaban J connectivity index is 3.85. The monoisotopic (exact) mass is 258 g/mol. The molecule has 0 aromatic heterocycles. The van der Waals surface area contributed by atoms with Gasteiger partial charge in [0.05, 0.1) is 12.2 Å². The van der Waals surface area contributed by atoms with Crippen LogP contribution in [-0.2, 0) is 9.47 Å². The highest BCUT2D eigenvalue weighted by atomic mass is 16.7. The zero-order valence-corrected chi connectivity index (χ0v) is 12.2. The summed E-state index contributed by atoms with van der Waals surface area (Å²) in [7, 11) is 1.62. The van der Waals surface area contributed by atoms with Crippen LogP contribution in [0.5, 0.6) is 0 Å². The highest BCUT2D eigenvalue weighted by Gasteiger charge is 2.15. The van der Waals surface area contributed by atoms with Crippen molar-refractivity contribution < 1.29 is 14.6 Å². The van der Waals surface area contributed by atoms with Gasteiger partial charge in [0.25, 0.3) is 0 Å². The van der Waals surface area contributed by atoms with Gasteiger partial charge in [-0.3, -0.25) is 0 Å². The first kappa shape index (κ1) is 17.6. The van der Waals surface area contributed by atoms with Crippen LogP contribution in [0.3, 0.4) is 0 Å². The molecular formula is C15H30O3. The first-order valence-electron chi connectivity index (χ1n) is 7.03. The van der Waals surface area contributed by atoms with Crippen molar-refractivity contribution in [2.75, 3.05) is 13.9 Å². The number of allylic oxidation sites excluding steroid dienone is 1. The maximum atomic E-state index is 10.0. The van der Waals surface area contributed by atoms with Crippen LogP contribution in [0.1, 0.15) is 52.4 Å². The van der Waals surface area contributed by atoms with E-state index >= 15 is 0 Å². The number of ether oxygens (including phenoxy) is 2. The average molecular weight is 258 g/mol. The SMILES string of the molecule is C=CC[C@H](C)CC[C@H](O)C[C@H](CCC)OCOC. The van der Waals surface area contributed by atoms with Gasteiger partial charge in [0, 0.05) is 7.11 Å². The summed E-state index contributed by atoms with van der Waals surface area (Å²) in [5.41, 5.74) is 0. The van der Waals surface area contributed by atoms with Crippen LogP contribution >= 0.6 is 0 Å². The molecule has 0 aliphatic rings. The van der Waals surface area contributed by atoms with E-state index in [0.29, 0.717) is 19.1 Å². The van der Waals surface area contributed by atoms with E-state index in [-0.39, 0.29) is 12.2 Å². The molecule has 18 heavy (non-hydrogen) atoms. The third kappa shape index (κ3) is 9.63. The smallest absolute Gasteiger partial charge is 0.146 e. The van der Waals surface area contributed by atoms with Gasteiger partial charge >= 0.3 is 0 Å². The minimum absolute atomic E-state index is 0.111. The number of hydrogen-bond donors (Lipinski definition) is 1. The predicted molar refractivity (Wildman–Crippen MR) is 75.5 cm³/mol. The van der Waals surface area contributed by atoms with E-state index in [2.05, 4.69) is 20.4 Å². The molecule has 0 fully saturated rings. The van der Waals surface area contributed by atoms with E-state index in [1.165, 1.54) is 0 Å². The minimum Gasteiger partial charge on any atom is -0.393 e. The first-order valence-corrected chi connectivity index (χ1v) is 7.03. The summed E-state index contributed by atoms with van der Waals surface area (Å²) < 4.78 is 10.5. The summed E-state index contributed by atoms with van der Waals surface area (Å²) in [6.07, 6.45) is 7.42. The Hall–Kier alpha value is -0.380. The van der Waals surface area contributed by atoms with Gasteiger partial charge in [0.1, 0.15) is 6.79 Å². The third-order valence-electron chi connectivity index (χ3n) is 3.13. The van der Waals surface area contributed by atoms with Crippen LogP contribution < -0.4 is 0 Å². The van der Waals surface area contributed by atoms with Crippen molar-refractivity contribution in [3.05, 3.63) is 12.7 Å². The molecule has 0 bridgehead atoms. The molecule has 0 unspecified atom stereocenters. The van der Waals surface area contributed by atoms with E-state index < -0.39 is 0 Å². The van der Waals surface area contributed by atoms with E-state index in [4.69, 9.17) is 9.47 Å². The second-order valence-corrected chi connectivity index (χ2v) is 5.08. The zero-order valence-electron chi connectivity index (χ0n) is 12.2. The number of aliphatic hydroxyl groups is 1. The first-order chi connectivity index (χ1) is 8.63. The van der Waals surface area contributed by atoms with Crippen LogP contribution in [0.2, 0.25) is 0 Å². The fourth-order valence-electron chi connectivity index (χ4n) is 2.06. The molecule has 0 aliphatic heterocycles. The normalized spacial score (nSPS) is 16.2. The Morgan fingerprint density at radius 3 is 2.56 bits per heavy atom. The Bertz CT molecular complexity index is 194. The predicted octanol–water partition coefficient (Wildman–Crippen LogP) is 3.52. The molecule has 0 radical (unpaired) electrons. The summed E-state index contributed by atoms with van der Waals surface area (Å²) in [6, 6.07) is 0. The van der Waals surface area contributed by atoms with Crippen LogP contribution in [0.25, 0.3) is 0 Å². The molecule has 3 atom stereocenters. The topological polar surface area (TPSA) is 38.7 Å². The molecule has 3 nitrogen and oxygen atoms in total. The molecule has 0 aliphatic carbocycles. The standard InChI is InChI=1S/C15H30O3/c1-5-7-13(3)9-10-14(16)11-15(8-6-2)18-12-17-4/h5,13-16H,1,6-12H2,2-4H3/t13-,14-,15-/m0/s1. The Morgan fingerprint density at radius 2 is 2.00 bits per heavy atom. The van der Waals surface area contributed by atoms with Crippen molar-refractivity contribution in [3.8, 4) is 0 Å². The average Bonchev–Trinajstić information content (AvgIpc) is 2.34. The highest BCUT2D eigenvalue weighted by Crippen LogP contribution is 2.17. The lowest BCUT2D eigenvalue weighted by Gasteiger charge is -2.21. The Kier molecular flexibility index (Phi) is 11.4. The number of methoxy groups -OCH3 is 1. The van der Waals surface area contributed by atoms with Crippen molar-refractivity contribution in [1.29, 1.82) is 0 Å². The van der Waals surface area contributed by atoms with Crippen molar-refractivity contribution in [3.63, 3.8) is 0 Å². The van der Waals surface area contributed by atoms with Gasteiger partial charge in [-0.25, -0.2) is 0 Å². The van der Waals surface area contributed by atoms with Gasteiger partial charge in [-0.1, -0.05) is 26.3 Å². The van der Waals surface area contributed by atoms with Gasteiger partial charge in [0.2, 0.25) is 0 Å². The molecule has 3 heteroatoms. The number of rotatable bonds is 12. The molecule has 0 amide bonds. The summed E-state index contributed by atoms with van der Waals surface area (Å²) in [6.45, 7) is 8.37. The lowest BCUT2D eigenvalue weighted by Crippen LogP contribution is -2.22. The van der Waals surface area contributed by atoms with Gasteiger partial charge < -0.3 is 14.6 Å². The molecule has 0 saturated carbocycles. The molecule has 0 spiro atoms. The fraction of sp³-hybridized carbons (Fsp3) is 0.867. The van der Waals surface area contributed by atoms with Crippen molar-refractivity contribution >= 4 is 0 Å². The van der Waals surface area contributed by atoms with Crippen molar-refractivity contribution in [1.82, 2.24) is 0 Å². The van der Waals surface area contributed by atoms with Crippen LogP contribution in [0, 0.1) is 5.92 Å². The molecule has 0 heterocycles. The maximum Gasteiger partial charge on any atom is 0.146 e. The lowest BCUT2D eigenvalue weighted by molar-refractivity contribution is -0.0874. The lowest BCUT2D eigenvalue weighted by atomic mass is 9.96. The van der Waals surface area contributed by atoms with E-state index in [0.717, 1.165) is 32.1 Å². The van der Waals surface area contributed by atoms with Gasteiger partial charge in [-0.05, 0) is 38.0 Å². The summed E-state index contributed by atoms with van der Waals surface area (Å²) in [5, 5.41) is 10.0. The molecule has 0 aromatic carbocycles. The number of hydrogen-bond acceptors (Lipinski definition) is 3. The summed E-state index contributed by atoms with van der Waals surface area (Å²) in [5.74, 6) is 0.599. The second-order valence-electron chi connectivity index (χ2n) is 5.08. The molecule has 1 N–H and O–H groups in total. The third-order valence-corrected chi connectivity index (χ3v) is 3.13. The molecule has 0 rings (SSSR count). The molecule has 0 aromatic rings. The van der Waals surface area contributed by atoms with Crippen molar-refractivity contribution in [2.45, 2.75) is 64.6 Å². The zero-order chi connectivity index (χ0) is 13.8. The Labute approximate surface area is 112 Å². The maximum absolute atomic E-state index is 10.0. The van der Waals surface area contributed by atoms with Crippen LogP contribution in [0.4, 0.5) is 0 Å². The number of aliphatic hydroxyl groups excluding tert-OH is 1. The molecule has 0 saturated heterocycles.